The molecule has 2 amide bonds. The Morgan fingerprint density at radius 2 is 1.48 bits per heavy atom. The van der Waals surface area contributed by atoms with Crippen molar-refractivity contribution in [1.29, 1.82) is 0 Å². The molecular formula is C26H23ClN2O4. The van der Waals surface area contributed by atoms with Crippen LogP contribution in [0.25, 0.3) is 5.57 Å². The fourth-order valence-electron chi connectivity index (χ4n) is 3.87. The Bertz CT molecular complexity index is 1260. The number of ether oxygens (including phenoxy) is 2. The quantitative estimate of drug-likeness (QED) is 0.499. The second-order valence-electron chi connectivity index (χ2n) is 7.74. The Labute approximate surface area is 197 Å². The zero-order valence-corrected chi connectivity index (χ0v) is 19.5. The number of aryl methyl sites for hydroxylation is 2. The molecule has 4 rings (SSSR count). The van der Waals surface area contributed by atoms with Gasteiger partial charge in [-0.2, -0.15) is 0 Å². The van der Waals surface area contributed by atoms with E-state index >= 15 is 0 Å². The molecule has 33 heavy (non-hydrogen) atoms. The molecular weight excluding hydrogens is 440 g/mol. The Balaban J connectivity index is 1.82. The van der Waals surface area contributed by atoms with E-state index in [0.29, 0.717) is 33.5 Å². The SMILES string of the molecule is COc1ccc(C2=C(Nc3ccc(OC)c(Cl)c3)C(=O)N(c3cc(C)cc(C)c3)C2=O)cc1. The van der Waals surface area contributed by atoms with E-state index in [-0.39, 0.29) is 11.3 Å². The lowest BCUT2D eigenvalue weighted by molar-refractivity contribution is -0.120. The van der Waals surface area contributed by atoms with Crippen LogP contribution in [0.15, 0.2) is 66.4 Å². The average Bonchev–Trinajstić information content (AvgIpc) is 3.02. The Morgan fingerprint density at radius 1 is 0.818 bits per heavy atom. The third-order valence-electron chi connectivity index (χ3n) is 5.35. The number of hydrogen-bond acceptors (Lipinski definition) is 5. The maximum absolute atomic E-state index is 13.6. The van der Waals surface area contributed by atoms with Gasteiger partial charge in [-0.3, -0.25) is 9.59 Å². The van der Waals surface area contributed by atoms with E-state index in [1.807, 2.05) is 32.0 Å². The topological polar surface area (TPSA) is 67.9 Å². The summed E-state index contributed by atoms with van der Waals surface area (Å²) in [6.45, 7) is 3.86. The van der Waals surface area contributed by atoms with E-state index in [2.05, 4.69) is 5.32 Å². The number of imide groups is 1. The minimum absolute atomic E-state index is 0.172. The molecule has 1 aliphatic rings. The van der Waals surface area contributed by atoms with Gasteiger partial charge in [0.25, 0.3) is 11.8 Å². The Hall–Kier alpha value is -3.77. The maximum Gasteiger partial charge on any atom is 0.282 e. The minimum atomic E-state index is -0.442. The highest BCUT2D eigenvalue weighted by Crippen LogP contribution is 2.36. The van der Waals surface area contributed by atoms with Crippen molar-refractivity contribution in [3.63, 3.8) is 0 Å². The molecule has 0 fully saturated rings. The van der Waals surface area contributed by atoms with Crippen molar-refractivity contribution in [1.82, 2.24) is 0 Å². The number of carbonyl (C=O) groups is 2. The number of rotatable bonds is 6. The van der Waals surface area contributed by atoms with Crippen LogP contribution in [0.3, 0.4) is 0 Å². The molecule has 0 saturated heterocycles. The van der Waals surface area contributed by atoms with E-state index in [9.17, 15) is 9.59 Å². The number of hydrogen-bond donors (Lipinski definition) is 1. The van der Waals surface area contributed by atoms with Gasteiger partial charge >= 0.3 is 0 Å². The van der Waals surface area contributed by atoms with Gasteiger partial charge in [0, 0.05) is 5.69 Å². The van der Waals surface area contributed by atoms with Gasteiger partial charge in [0.15, 0.2) is 0 Å². The van der Waals surface area contributed by atoms with Crippen molar-refractivity contribution >= 4 is 40.4 Å². The molecule has 1 aliphatic heterocycles. The normalized spacial score (nSPS) is 13.5. The van der Waals surface area contributed by atoms with Gasteiger partial charge < -0.3 is 14.8 Å². The van der Waals surface area contributed by atoms with Crippen molar-refractivity contribution < 1.29 is 19.1 Å². The number of nitrogens with one attached hydrogen (secondary N) is 1. The first-order chi connectivity index (χ1) is 15.8. The molecule has 0 unspecified atom stereocenters. The van der Waals surface area contributed by atoms with E-state index in [1.165, 1.54) is 12.0 Å². The van der Waals surface area contributed by atoms with Crippen molar-refractivity contribution in [3.8, 4) is 11.5 Å². The van der Waals surface area contributed by atoms with Crippen LogP contribution < -0.4 is 19.7 Å². The molecule has 0 atom stereocenters. The van der Waals surface area contributed by atoms with Crippen LogP contribution in [0, 0.1) is 13.8 Å². The molecule has 0 saturated carbocycles. The molecule has 3 aromatic carbocycles. The monoisotopic (exact) mass is 462 g/mol. The van der Waals surface area contributed by atoms with Gasteiger partial charge in [-0.25, -0.2) is 4.90 Å². The van der Waals surface area contributed by atoms with Gasteiger partial charge in [-0.05, 0) is 73.0 Å². The van der Waals surface area contributed by atoms with Crippen LogP contribution in [0.1, 0.15) is 16.7 Å². The highest BCUT2D eigenvalue weighted by molar-refractivity contribution is 6.46. The number of nitrogens with zero attached hydrogens (tertiary/aromatic N) is 1. The standard InChI is InChI=1S/C26H23ClN2O4/c1-15-11-16(2)13-19(12-15)29-25(30)23(17-5-8-20(32-3)9-6-17)24(26(29)31)28-18-7-10-22(33-4)21(27)14-18/h5-14,28H,1-4H3. The Kier molecular flexibility index (Phi) is 6.11. The minimum Gasteiger partial charge on any atom is -0.497 e. The summed E-state index contributed by atoms with van der Waals surface area (Å²) in [4.78, 5) is 28.4. The zero-order valence-electron chi connectivity index (χ0n) is 18.7. The third-order valence-corrected chi connectivity index (χ3v) is 5.64. The van der Waals surface area contributed by atoms with Gasteiger partial charge in [0.1, 0.15) is 17.2 Å². The van der Waals surface area contributed by atoms with Gasteiger partial charge in [0.05, 0.1) is 30.5 Å². The summed E-state index contributed by atoms with van der Waals surface area (Å²) < 4.78 is 10.4. The van der Waals surface area contributed by atoms with Crippen LogP contribution in [0.2, 0.25) is 5.02 Å². The maximum atomic E-state index is 13.6. The third kappa shape index (κ3) is 4.30. The lowest BCUT2D eigenvalue weighted by atomic mass is 10.0. The first kappa shape index (κ1) is 22.4. The molecule has 0 spiro atoms. The summed E-state index contributed by atoms with van der Waals surface area (Å²) in [6.07, 6.45) is 0. The first-order valence-electron chi connectivity index (χ1n) is 10.3. The van der Waals surface area contributed by atoms with E-state index in [1.54, 1.807) is 49.6 Å². The molecule has 0 bridgehead atoms. The number of benzene rings is 3. The van der Waals surface area contributed by atoms with Crippen molar-refractivity contribution in [2.75, 3.05) is 24.4 Å². The molecule has 7 heteroatoms. The number of methoxy groups -OCH3 is 2. The second-order valence-corrected chi connectivity index (χ2v) is 8.15. The molecule has 1 N–H and O–H groups in total. The summed E-state index contributed by atoms with van der Waals surface area (Å²) in [6, 6.07) is 17.7. The molecule has 0 radical (unpaired) electrons. The average molecular weight is 463 g/mol. The molecule has 3 aromatic rings. The van der Waals surface area contributed by atoms with Crippen molar-refractivity contribution in [2.45, 2.75) is 13.8 Å². The van der Waals surface area contributed by atoms with Crippen LogP contribution >= 0.6 is 11.6 Å². The summed E-state index contributed by atoms with van der Waals surface area (Å²) in [5.41, 5.74) is 4.05. The van der Waals surface area contributed by atoms with Gasteiger partial charge in [-0.15, -0.1) is 0 Å². The van der Waals surface area contributed by atoms with Crippen molar-refractivity contribution in [2.24, 2.45) is 0 Å². The first-order valence-corrected chi connectivity index (χ1v) is 10.7. The predicted octanol–water partition coefficient (Wildman–Crippen LogP) is 5.37. The lowest BCUT2D eigenvalue weighted by Gasteiger charge is -2.17. The van der Waals surface area contributed by atoms with E-state index in [4.69, 9.17) is 21.1 Å². The smallest absolute Gasteiger partial charge is 0.282 e. The fourth-order valence-corrected chi connectivity index (χ4v) is 4.13. The van der Waals surface area contributed by atoms with Crippen LogP contribution in [-0.4, -0.2) is 26.0 Å². The summed E-state index contributed by atoms with van der Waals surface area (Å²) in [7, 11) is 3.10. The highest BCUT2D eigenvalue weighted by Gasteiger charge is 2.40. The number of carbonyl (C=O) groups excluding carboxylic acids is 2. The van der Waals surface area contributed by atoms with Crippen molar-refractivity contribution in [3.05, 3.63) is 88.1 Å². The molecule has 1 heterocycles. The number of anilines is 2. The summed E-state index contributed by atoms with van der Waals surface area (Å²) >= 11 is 6.27. The summed E-state index contributed by atoms with van der Waals surface area (Å²) in [5.74, 6) is 0.316. The molecule has 0 aliphatic carbocycles. The second kappa shape index (κ2) is 9.00. The van der Waals surface area contributed by atoms with Crippen LogP contribution in [0.5, 0.6) is 11.5 Å². The highest BCUT2D eigenvalue weighted by atomic mass is 35.5. The lowest BCUT2D eigenvalue weighted by Crippen LogP contribution is -2.32. The molecule has 168 valence electrons. The Morgan fingerprint density at radius 3 is 2.06 bits per heavy atom. The van der Waals surface area contributed by atoms with Gasteiger partial charge in [0.2, 0.25) is 0 Å². The molecule has 6 nitrogen and oxygen atoms in total. The largest absolute Gasteiger partial charge is 0.497 e. The van der Waals surface area contributed by atoms with E-state index < -0.39 is 11.8 Å². The molecule has 0 aromatic heterocycles. The fraction of sp³-hybridized carbons (Fsp3) is 0.154. The predicted molar refractivity (Wildman–Crippen MR) is 130 cm³/mol. The van der Waals surface area contributed by atoms with Crippen LogP contribution in [-0.2, 0) is 9.59 Å². The van der Waals surface area contributed by atoms with Gasteiger partial charge in [-0.1, -0.05) is 29.8 Å². The number of amides is 2. The summed E-state index contributed by atoms with van der Waals surface area (Å²) in [5, 5.41) is 3.50. The van der Waals surface area contributed by atoms with Crippen LogP contribution in [0.4, 0.5) is 11.4 Å². The number of halogens is 1. The zero-order chi connectivity index (χ0) is 23.7. The van der Waals surface area contributed by atoms with E-state index in [0.717, 1.165) is 11.1 Å².